The molecule has 0 heterocycles. The van der Waals surface area contributed by atoms with Crippen molar-refractivity contribution >= 4 is 12.0 Å². The van der Waals surface area contributed by atoms with Crippen LogP contribution in [-0.4, -0.2) is 69.2 Å². The Labute approximate surface area is 259 Å². The van der Waals surface area contributed by atoms with Gasteiger partial charge in [-0.25, -0.2) is 9.59 Å². The number of rotatable bonds is 29. The van der Waals surface area contributed by atoms with Crippen molar-refractivity contribution in [1.29, 1.82) is 0 Å². The van der Waals surface area contributed by atoms with Crippen molar-refractivity contribution < 1.29 is 32.9 Å². The van der Waals surface area contributed by atoms with Gasteiger partial charge in [-0.05, 0) is 64.8 Å². The highest BCUT2D eigenvalue weighted by molar-refractivity contribution is 5.74. The third-order valence-electron chi connectivity index (χ3n) is 6.96. The lowest BCUT2D eigenvalue weighted by Gasteiger charge is -2.08. The number of urea groups is 1. The molecule has 12 heteroatoms. The maximum Gasteiger partial charge on any atom is 0.494 e. The van der Waals surface area contributed by atoms with Gasteiger partial charge in [0.05, 0.1) is 0 Å². The van der Waals surface area contributed by atoms with Gasteiger partial charge in [0.15, 0.2) is 0 Å². The summed E-state index contributed by atoms with van der Waals surface area (Å²) in [4.78, 5) is 23.4. The molecule has 0 aliphatic carbocycles. The first-order chi connectivity index (χ1) is 20.8. The molecule has 0 aliphatic rings. The minimum Gasteiger partial charge on any atom is -0.338 e. The standard InChI is InChI=1S/C29H63N5O.C2HF3O3/c1-2-3-4-5-6-7-8-9-10-11-12-13-14-15-16-17-27-33-29(35)34-28-21-26-32-24-19-18-23-31-25-20-22-30;3-2(4,5)1(6)8-7/h31-32H,2-28,30H2,1H3,(H2,33,34,35);7H. The predicted octanol–water partition coefficient (Wildman–Crippen LogP) is 6.81. The molecule has 43 heavy (non-hydrogen) atoms. The largest absolute Gasteiger partial charge is 0.494 e. The molecule has 0 aromatic heterocycles. The highest BCUT2D eigenvalue weighted by Crippen LogP contribution is 2.15. The van der Waals surface area contributed by atoms with E-state index in [4.69, 9.17) is 11.0 Å². The van der Waals surface area contributed by atoms with Crippen molar-refractivity contribution in [1.82, 2.24) is 21.3 Å². The van der Waals surface area contributed by atoms with Gasteiger partial charge in [0.2, 0.25) is 0 Å². The van der Waals surface area contributed by atoms with Crippen LogP contribution in [-0.2, 0) is 9.68 Å². The normalized spacial score (nSPS) is 11.1. The minimum atomic E-state index is -5.10. The van der Waals surface area contributed by atoms with Crippen molar-refractivity contribution in [3.05, 3.63) is 0 Å². The summed E-state index contributed by atoms with van der Waals surface area (Å²) in [5, 5.41) is 19.9. The molecular weight excluding hydrogens is 563 g/mol. The molecule has 0 aromatic rings. The lowest BCUT2D eigenvalue weighted by atomic mass is 10.0. The topological polar surface area (TPSA) is 138 Å². The van der Waals surface area contributed by atoms with E-state index in [9.17, 15) is 22.8 Å². The Morgan fingerprint density at radius 1 is 0.581 bits per heavy atom. The lowest BCUT2D eigenvalue weighted by molar-refractivity contribution is -0.272. The average Bonchev–Trinajstić information content (AvgIpc) is 2.98. The maximum absolute atomic E-state index is 11.8. The molecule has 0 spiro atoms. The first-order valence-corrected chi connectivity index (χ1v) is 16.8. The zero-order chi connectivity index (χ0) is 32.3. The molecule has 0 rings (SSSR count). The molecule has 2 amide bonds. The van der Waals surface area contributed by atoms with Crippen LogP contribution >= 0.6 is 0 Å². The van der Waals surface area contributed by atoms with Gasteiger partial charge in [-0.3, -0.25) is 4.89 Å². The molecule has 258 valence electrons. The molecule has 0 aliphatic heterocycles. The Hall–Kier alpha value is -1.63. The highest BCUT2D eigenvalue weighted by atomic mass is 19.4. The van der Waals surface area contributed by atoms with Crippen LogP contribution in [0.2, 0.25) is 0 Å². The second-order valence-corrected chi connectivity index (χ2v) is 11.1. The van der Waals surface area contributed by atoms with Gasteiger partial charge < -0.3 is 27.0 Å². The summed E-state index contributed by atoms with van der Waals surface area (Å²) < 4.78 is 32.4. The summed E-state index contributed by atoms with van der Waals surface area (Å²) in [6.45, 7) is 8.68. The second-order valence-electron chi connectivity index (χ2n) is 11.1. The number of amides is 2. The fourth-order valence-electron chi connectivity index (χ4n) is 4.38. The number of carbonyl (C=O) groups is 2. The summed E-state index contributed by atoms with van der Waals surface area (Å²) in [6.07, 6.45) is 21.3. The third kappa shape index (κ3) is 38.3. The van der Waals surface area contributed by atoms with Crippen molar-refractivity contribution in [3.63, 3.8) is 0 Å². The van der Waals surface area contributed by atoms with Crippen LogP contribution in [0.3, 0.4) is 0 Å². The Morgan fingerprint density at radius 3 is 1.30 bits per heavy atom. The number of alkyl halides is 3. The molecular formula is C31H64F3N5O4. The average molecular weight is 628 g/mol. The monoisotopic (exact) mass is 627 g/mol. The van der Waals surface area contributed by atoms with Crippen LogP contribution in [0.4, 0.5) is 18.0 Å². The van der Waals surface area contributed by atoms with Gasteiger partial charge in [-0.15, -0.1) is 0 Å². The van der Waals surface area contributed by atoms with Crippen molar-refractivity contribution in [3.8, 4) is 0 Å². The molecule has 0 bridgehead atoms. The number of halogens is 3. The maximum atomic E-state index is 11.8. The lowest BCUT2D eigenvalue weighted by Crippen LogP contribution is -2.37. The van der Waals surface area contributed by atoms with Gasteiger partial charge in [0, 0.05) is 13.1 Å². The SMILES string of the molecule is CCCCCCCCCCCCCCCCCCNC(=O)NCCCNCCCCNCCCN.O=C(OO)C(F)(F)F. The zero-order valence-corrected chi connectivity index (χ0v) is 27.0. The number of carbonyl (C=O) groups excluding carboxylic acids is 2. The van der Waals surface area contributed by atoms with Gasteiger partial charge in [0.25, 0.3) is 0 Å². The van der Waals surface area contributed by atoms with E-state index in [0.717, 1.165) is 65.1 Å². The van der Waals surface area contributed by atoms with Gasteiger partial charge in [-0.1, -0.05) is 103 Å². The van der Waals surface area contributed by atoms with E-state index in [0.29, 0.717) is 0 Å². The number of hydrogen-bond acceptors (Lipinski definition) is 7. The van der Waals surface area contributed by atoms with Gasteiger partial charge in [0.1, 0.15) is 0 Å². The van der Waals surface area contributed by atoms with Gasteiger partial charge >= 0.3 is 18.2 Å². The van der Waals surface area contributed by atoms with E-state index in [-0.39, 0.29) is 6.03 Å². The Bertz CT molecular complexity index is 602. The highest BCUT2D eigenvalue weighted by Gasteiger charge is 2.41. The summed E-state index contributed by atoms with van der Waals surface area (Å²) in [5.74, 6) is -2.61. The Kier molecular flexibility index (Phi) is 35.3. The predicted molar refractivity (Wildman–Crippen MR) is 169 cm³/mol. The Balaban J connectivity index is 0. The van der Waals surface area contributed by atoms with E-state index < -0.39 is 12.1 Å². The number of nitrogens with two attached hydrogens (primary N) is 1. The molecule has 0 aromatic carbocycles. The van der Waals surface area contributed by atoms with Crippen LogP contribution < -0.4 is 27.0 Å². The fraction of sp³-hybridized carbons (Fsp3) is 0.935. The number of unbranched alkanes of at least 4 members (excludes halogenated alkanes) is 16. The number of nitrogens with one attached hydrogen (secondary N) is 4. The van der Waals surface area contributed by atoms with E-state index in [2.05, 4.69) is 33.1 Å². The van der Waals surface area contributed by atoms with Crippen LogP contribution in [0.5, 0.6) is 0 Å². The van der Waals surface area contributed by atoms with E-state index in [1.807, 2.05) is 0 Å². The smallest absolute Gasteiger partial charge is 0.338 e. The van der Waals surface area contributed by atoms with Crippen LogP contribution in [0.15, 0.2) is 0 Å². The molecule has 0 atom stereocenters. The molecule has 0 saturated carbocycles. The van der Waals surface area contributed by atoms with Crippen molar-refractivity contribution in [2.45, 2.75) is 142 Å². The van der Waals surface area contributed by atoms with Crippen molar-refractivity contribution in [2.24, 2.45) is 5.73 Å². The minimum absolute atomic E-state index is 0.0190. The third-order valence-corrected chi connectivity index (χ3v) is 6.96. The first kappa shape index (κ1) is 43.5. The van der Waals surface area contributed by atoms with Crippen LogP contribution in [0.25, 0.3) is 0 Å². The molecule has 9 nitrogen and oxygen atoms in total. The molecule has 0 radical (unpaired) electrons. The summed E-state index contributed by atoms with van der Waals surface area (Å²) in [5.41, 5.74) is 5.47. The molecule has 0 saturated heterocycles. The quantitative estimate of drug-likeness (QED) is 0.0304. The summed E-state index contributed by atoms with van der Waals surface area (Å²) in [6, 6.07) is -0.0190. The molecule has 7 N–H and O–H groups in total. The molecule has 0 fully saturated rings. The van der Waals surface area contributed by atoms with E-state index in [1.165, 1.54) is 109 Å². The summed E-state index contributed by atoms with van der Waals surface area (Å²) >= 11 is 0. The van der Waals surface area contributed by atoms with Crippen LogP contribution in [0.1, 0.15) is 135 Å². The molecule has 0 unspecified atom stereocenters. The van der Waals surface area contributed by atoms with Crippen molar-refractivity contribution in [2.75, 3.05) is 45.8 Å². The second kappa shape index (κ2) is 34.9. The van der Waals surface area contributed by atoms with Gasteiger partial charge in [-0.2, -0.15) is 18.4 Å². The first-order valence-electron chi connectivity index (χ1n) is 16.8. The fourth-order valence-corrected chi connectivity index (χ4v) is 4.38. The van der Waals surface area contributed by atoms with E-state index >= 15 is 0 Å². The van der Waals surface area contributed by atoms with Crippen LogP contribution in [0, 0.1) is 0 Å². The Morgan fingerprint density at radius 2 is 0.930 bits per heavy atom. The number of hydrogen-bond donors (Lipinski definition) is 6. The van der Waals surface area contributed by atoms with E-state index in [1.54, 1.807) is 0 Å². The zero-order valence-electron chi connectivity index (χ0n) is 27.0. The summed E-state index contributed by atoms with van der Waals surface area (Å²) in [7, 11) is 0.